The van der Waals surface area contributed by atoms with Crippen LogP contribution >= 0.6 is 0 Å². The summed E-state index contributed by atoms with van der Waals surface area (Å²) in [4.78, 5) is 4.49. The molecule has 0 bridgehead atoms. The van der Waals surface area contributed by atoms with Crippen molar-refractivity contribution in [1.29, 1.82) is 0 Å². The van der Waals surface area contributed by atoms with Gasteiger partial charge < -0.3 is 20.1 Å². The molecule has 2 saturated heterocycles. The van der Waals surface area contributed by atoms with Crippen LogP contribution in [0.5, 0.6) is 0 Å². The van der Waals surface area contributed by atoms with Crippen molar-refractivity contribution < 1.29 is 31.1 Å². The van der Waals surface area contributed by atoms with E-state index < -0.39 is 15.5 Å². The summed E-state index contributed by atoms with van der Waals surface area (Å²) in [5.41, 5.74) is -5.24. The van der Waals surface area contributed by atoms with Gasteiger partial charge in [0.1, 0.15) is 0 Å². The molecule has 1 unspecified atom stereocenters. The van der Waals surface area contributed by atoms with Gasteiger partial charge in [-0.05, 0) is 38.5 Å². The summed E-state index contributed by atoms with van der Waals surface area (Å²) in [5.74, 6) is 0.692. The molecule has 12 heteroatoms. The molecular formula is C17H31F3N4O4S. The zero-order valence-corrected chi connectivity index (χ0v) is 17.5. The number of hydrogen-bond donors (Lipinski definition) is 2. The Morgan fingerprint density at radius 2 is 1.97 bits per heavy atom. The lowest BCUT2D eigenvalue weighted by Gasteiger charge is -2.30. The monoisotopic (exact) mass is 444 g/mol. The minimum absolute atomic E-state index is 0.0517. The molecule has 1 atom stereocenters. The Hall–Kier alpha value is -1.11. The van der Waals surface area contributed by atoms with Gasteiger partial charge in [-0.1, -0.05) is 0 Å². The van der Waals surface area contributed by atoms with Gasteiger partial charge >= 0.3 is 15.5 Å². The van der Waals surface area contributed by atoms with Crippen molar-refractivity contribution in [3.05, 3.63) is 0 Å². The lowest BCUT2D eigenvalue weighted by Crippen LogP contribution is -2.45. The number of rotatable bonds is 9. The van der Waals surface area contributed by atoms with Gasteiger partial charge in [0.25, 0.3) is 0 Å². The Labute approximate surface area is 170 Å². The molecule has 2 heterocycles. The van der Waals surface area contributed by atoms with Crippen LogP contribution in [0.3, 0.4) is 0 Å². The molecule has 2 N–H and O–H groups in total. The van der Waals surface area contributed by atoms with Crippen LogP contribution in [0.25, 0.3) is 0 Å². The van der Waals surface area contributed by atoms with Crippen molar-refractivity contribution in [1.82, 2.24) is 14.9 Å². The molecule has 170 valence electrons. The first-order chi connectivity index (χ1) is 13.7. The third-order valence-electron chi connectivity index (χ3n) is 4.91. The molecule has 0 aromatic rings. The normalized spacial score (nSPS) is 22.8. The molecule has 29 heavy (non-hydrogen) atoms. The minimum Gasteiger partial charge on any atom is -0.379 e. The summed E-state index contributed by atoms with van der Waals surface area (Å²) >= 11 is 0. The van der Waals surface area contributed by atoms with Crippen LogP contribution in [0.15, 0.2) is 4.99 Å². The lowest BCUT2D eigenvalue weighted by molar-refractivity contribution is -0.0496. The Morgan fingerprint density at radius 3 is 2.55 bits per heavy atom. The van der Waals surface area contributed by atoms with Crippen LogP contribution in [0.4, 0.5) is 13.2 Å². The van der Waals surface area contributed by atoms with E-state index in [1.54, 1.807) is 0 Å². The van der Waals surface area contributed by atoms with Gasteiger partial charge in [0, 0.05) is 45.9 Å². The number of alkyl halides is 3. The van der Waals surface area contributed by atoms with Crippen LogP contribution < -0.4 is 10.6 Å². The topological polar surface area (TPSA) is 92.3 Å². The lowest BCUT2D eigenvalue weighted by atomic mass is 9.98. The van der Waals surface area contributed by atoms with Crippen molar-refractivity contribution in [2.24, 2.45) is 10.9 Å². The zero-order valence-electron chi connectivity index (χ0n) is 16.7. The fraction of sp³-hybridized carbons (Fsp3) is 0.941. The van der Waals surface area contributed by atoms with Crippen molar-refractivity contribution in [3.63, 3.8) is 0 Å². The van der Waals surface area contributed by atoms with Crippen LogP contribution in [0.1, 0.15) is 32.6 Å². The van der Waals surface area contributed by atoms with Gasteiger partial charge in [0.2, 0.25) is 0 Å². The second-order valence-corrected chi connectivity index (χ2v) is 9.08. The molecule has 0 aromatic carbocycles. The summed E-state index contributed by atoms with van der Waals surface area (Å²) in [5, 5.41) is 6.34. The third-order valence-corrected chi connectivity index (χ3v) is 6.54. The summed E-state index contributed by atoms with van der Waals surface area (Å²) in [6.07, 6.45) is 2.64. The average Bonchev–Trinajstić information content (AvgIpc) is 3.18. The number of ether oxygens (including phenoxy) is 2. The van der Waals surface area contributed by atoms with Crippen molar-refractivity contribution in [2.75, 3.05) is 52.5 Å². The smallest absolute Gasteiger partial charge is 0.379 e. The van der Waals surface area contributed by atoms with Gasteiger partial charge in [-0.15, -0.1) is 0 Å². The number of sulfonamides is 1. The molecule has 2 rings (SSSR count). The molecule has 2 aliphatic rings. The van der Waals surface area contributed by atoms with E-state index in [-0.39, 0.29) is 25.1 Å². The summed E-state index contributed by atoms with van der Waals surface area (Å²) in [6, 6.07) is 0. The van der Waals surface area contributed by atoms with Crippen molar-refractivity contribution >= 4 is 16.0 Å². The standard InChI is InChI=1S/C17H31F3N4O4S/c1-2-21-16(22-7-3-10-28-15-6-11-27-13-15)23-12-14-4-8-24(9-5-14)29(25,26)17(18,19)20/h14-15H,2-13H2,1H3,(H2,21,22,23). The average molecular weight is 445 g/mol. The highest BCUT2D eigenvalue weighted by Gasteiger charge is 2.50. The van der Waals surface area contributed by atoms with Gasteiger partial charge in [-0.25, -0.2) is 8.42 Å². The van der Waals surface area contributed by atoms with Gasteiger partial charge in [0.15, 0.2) is 5.96 Å². The second-order valence-electron chi connectivity index (χ2n) is 7.15. The molecule has 0 radical (unpaired) electrons. The van der Waals surface area contributed by atoms with Gasteiger partial charge in [-0.3, -0.25) is 4.99 Å². The maximum Gasteiger partial charge on any atom is 0.511 e. The minimum atomic E-state index is -5.24. The largest absolute Gasteiger partial charge is 0.511 e. The van der Waals surface area contributed by atoms with E-state index in [2.05, 4.69) is 15.6 Å². The molecule has 0 aromatic heterocycles. The maximum atomic E-state index is 12.6. The highest BCUT2D eigenvalue weighted by Crippen LogP contribution is 2.30. The molecule has 0 aliphatic carbocycles. The SMILES string of the molecule is CCNC(=NCC1CCN(S(=O)(=O)C(F)(F)F)CC1)NCCCOC1CCOC1. The van der Waals surface area contributed by atoms with Crippen LogP contribution in [0, 0.1) is 5.92 Å². The number of hydrogen-bond acceptors (Lipinski definition) is 5. The van der Waals surface area contributed by atoms with E-state index in [1.165, 1.54) is 0 Å². The first-order valence-electron chi connectivity index (χ1n) is 10.0. The van der Waals surface area contributed by atoms with E-state index in [9.17, 15) is 21.6 Å². The molecule has 2 fully saturated rings. The summed E-state index contributed by atoms with van der Waals surface area (Å²) in [6.45, 7) is 5.52. The highest BCUT2D eigenvalue weighted by molar-refractivity contribution is 7.90. The molecule has 2 aliphatic heterocycles. The quantitative estimate of drug-likeness (QED) is 0.316. The van der Waals surface area contributed by atoms with E-state index in [4.69, 9.17) is 9.47 Å². The van der Waals surface area contributed by atoms with Crippen molar-refractivity contribution in [2.45, 2.75) is 44.2 Å². The number of aliphatic imine (C=N–C) groups is 1. The Balaban J connectivity index is 1.70. The predicted octanol–water partition coefficient (Wildman–Crippen LogP) is 1.30. The fourth-order valence-electron chi connectivity index (χ4n) is 3.21. The summed E-state index contributed by atoms with van der Waals surface area (Å²) < 4.78 is 72.3. The van der Waals surface area contributed by atoms with Gasteiger partial charge in [-0.2, -0.15) is 17.5 Å². The van der Waals surface area contributed by atoms with Crippen LogP contribution in [-0.4, -0.2) is 82.8 Å². The van der Waals surface area contributed by atoms with E-state index >= 15 is 0 Å². The van der Waals surface area contributed by atoms with E-state index in [1.807, 2.05) is 6.92 Å². The predicted molar refractivity (Wildman–Crippen MR) is 103 cm³/mol. The zero-order chi connectivity index (χ0) is 21.3. The second kappa shape index (κ2) is 11.3. The Bertz CT molecular complexity index is 617. The summed E-state index contributed by atoms with van der Waals surface area (Å²) in [7, 11) is -5.23. The Morgan fingerprint density at radius 1 is 1.24 bits per heavy atom. The van der Waals surface area contributed by atoms with Crippen LogP contribution in [-0.2, 0) is 19.5 Å². The number of guanidine groups is 1. The number of nitrogens with zero attached hydrogens (tertiary/aromatic N) is 2. The van der Waals surface area contributed by atoms with Crippen LogP contribution in [0.2, 0.25) is 0 Å². The highest BCUT2D eigenvalue weighted by atomic mass is 32.2. The number of nitrogens with one attached hydrogen (secondary N) is 2. The van der Waals surface area contributed by atoms with Crippen molar-refractivity contribution in [3.8, 4) is 0 Å². The third kappa shape index (κ3) is 7.58. The molecule has 0 amide bonds. The molecule has 0 saturated carbocycles. The maximum absolute atomic E-state index is 12.6. The molecule has 8 nitrogen and oxygen atoms in total. The first-order valence-corrected chi connectivity index (χ1v) is 11.5. The molecular weight excluding hydrogens is 413 g/mol. The van der Waals surface area contributed by atoms with E-state index in [0.29, 0.717) is 56.0 Å². The number of halogens is 3. The van der Waals surface area contributed by atoms with Gasteiger partial charge in [0.05, 0.1) is 12.7 Å². The number of piperidine rings is 1. The first kappa shape index (κ1) is 24.2. The molecule has 0 spiro atoms. The Kier molecular flexibility index (Phi) is 9.44. The van der Waals surface area contributed by atoms with E-state index in [0.717, 1.165) is 19.4 Å². The fourth-order valence-corrected chi connectivity index (χ4v) is 4.20.